The molecule has 0 aromatic heterocycles. The van der Waals surface area contributed by atoms with Crippen LogP contribution in [-0.4, -0.2) is 23.0 Å². The molecule has 0 aromatic rings. The quantitative estimate of drug-likeness (QED) is 0.139. The van der Waals surface area contributed by atoms with Gasteiger partial charge in [-0.15, -0.1) is 0 Å². The minimum Gasteiger partial charge on any atom is -0.294 e. The van der Waals surface area contributed by atoms with Gasteiger partial charge in [-0.1, -0.05) is 83.1 Å². The highest BCUT2D eigenvalue weighted by molar-refractivity contribution is 5.00. The van der Waals surface area contributed by atoms with Gasteiger partial charge in [-0.2, -0.15) is 0 Å². The minimum absolute atomic E-state index is 0.859. The Labute approximate surface area is 306 Å². The Morgan fingerprint density at radius 2 is 0.816 bits per heavy atom. The van der Waals surface area contributed by atoms with E-state index in [-0.39, 0.29) is 0 Å². The van der Waals surface area contributed by atoms with Crippen molar-refractivity contribution in [2.45, 2.75) is 225 Å². The molecule has 0 aliphatic heterocycles. The second-order valence-corrected chi connectivity index (χ2v) is 19.4. The zero-order valence-electron chi connectivity index (χ0n) is 33.2. The molecule has 1 heteroatoms. The van der Waals surface area contributed by atoms with Gasteiger partial charge in [0.25, 0.3) is 0 Å². The molecule has 280 valence electrons. The molecular weight excluding hydrogens is 591 g/mol. The third-order valence-corrected chi connectivity index (χ3v) is 16.2. The number of hydrogen-bond acceptors (Lipinski definition) is 1. The number of allylic oxidation sites excluding steroid dienone is 4. The summed E-state index contributed by atoms with van der Waals surface area (Å²) in [5.41, 5.74) is 0. The van der Waals surface area contributed by atoms with Crippen LogP contribution in [0.3, 0.4) is 0 Å². The van der Waals surface area contributed by atoms with Crippen LogP contribution in [-0.2, 0) is 0 Å². The van der Waals surface area contributed by atoms with Crippen LogP contribution in [0.15, 0.2) is 24.3 Å². The molecule has 0 atom stereocenters. The molecular formula is C48H83N. The molecule has 0 heterocycles. The molecule has 0 amide bonds. The SMILES string of the molecule is C/C=C/C1CCC(/C=C/C2CCC(C3CCC(N(C4CCC(CCCCCC)CC4)C4CCC(C5CCC(C)CC5)CC4)CC3)CC2)CC1. The van der Waals surface area contributed by atoms with Gasteiger partial charge < -0.3 is 0 Å². The van der Waals surface area contributed by atoms with E-state index in [1.807, 2.05) is 0 Å². The summed E-state index contributed by atoms with van der Waals surface area (Å²) in [6.45, 7) is 7.05. The second-order valence-electron chi connectivity index (χ2n) is 19.4. The van der Waals surface area contributed by atoms with E-state index in [9.17, 15) is 0 Å². The van der Waals surface area contributed by atoms with Crippen LogP contribution < -0.4 is 0 Å². The Hall–Kier alpha value is -0.560. The minimum atomic E-state index is 0.859. The molecule has 0 N–H and O–H groups in total. The number of hydrogen-bond donors (Lipinski definition) is 0. The Kier molecular flexibility index (Phi) is 15.6. The molecule has 0 unspecified atom stereocenters. The lowest BCUT2D eigenvalue weighted by Gasteiger charge is -2.51. The Bertz CT molecular complexity index is 932. The largest absolute Gasteiger partial charge is 0.294 e. The van der Waals surface area contributed by atoms with Crippen LogP contribution in [0.1, 0.15) is 207 Å². The van der Waals surface area contributed by atoms with Crippen LogP contribution in [0.2, 0.25) is 0 Å². The molecule has 6 rings (SSSR count). The third kappa shape index (κ3) is 11.2. The van der Waals surface area contributed by atoms with Gasteiger partial charge in [-0.05, 0) is 201 Å². The molecule has 0 spiro atoms. The zero-order chi connectivity index (χ0) is 33.8. The summed E-state index contributed by atoms with van der Waals surface area (Å²) >= 11 is 0. The average molecular weight is 674 g/mol. The van der Waals surface area contributed by atoms with Gasteiger partial charge in [-0.3, -0.25) is 4.90 Å². The number of rotatable bonds is 13. The first kappa shape index (κ1) is 38.2. The van der Waals surface area contributed by atoms with E-state index in [4.69, 9.17) is 0 Å². The maximum absolute atomic E-state index is 3.29. The zero-order valence-corrected chi connectivity index (χ0v) is 33.2. The fourth-order valence-corrected chi connectivity index (χ4v) is 12.9. The Morgan fingerprint density at radius 1 is 0.429 bits per heavy atom. The van der Waals surface area contributed by atoms with E-state index < -0.39 is 0 Å². The van der Waals surface area contributed by atoms with Crippen molar-refractivity contribution in [2.24, 2.45) is 53.3 Å². The van der Waals surface area contributed by atoms with E-state index in [1.54, 1.807) is 38.5 Å². The van der Waals surface area contributed by atoms with Gasteiger partial charge in [0.15, 0.2) is 0 Å². The van der Waals surface area contributed by atoms with Gasteiger partial charge in [-0.25, -0.2) is 0 Å². The van der Waals surface area contributed by atoms with Crippen molar-refractivity contribution in [3.8, 4) is 0 Å². The fourth-order valence-electron chi connectivity index (χ4n) is 12.9. The molecule has 6 saturated carbocycles. The van der Waals surface area contributed by atoms with Crippen LogP contribution >= 0.6 is 0 Å². The Balaban J connectivity index is 0.973. The van der Waals surface area contributed by atoms with Crippen molar-refractivity contribution < 1.29 is 0 Å². The number of unbranched alkanes of at least 4 members (excludes halogenated alkanes) is 3. The number of nitrogens with zero attached hydrogens (tertiary/aromatic N) is 1. The van der Waals surface area contributed by atoms with Crippen molar-refractivity contribution in [1.82, 2.24) is 4.90 Å². The van der Waals surface area contributed by atoms with Crippen molar-refractivity contribution in [2.75, 3.05) is 0 Å². The third-order valence-electron chi connectivity index (χ3n) is 16.2. The molecule has 0 saturated heterocycles. The average Bonchev–Trinajstić information content (AvgIpc) is 3.15. The fraction of sp³-hybridized carbons (Fsp3) is 0.917. The van der Waals surface area contributed by atoms with Gasteiger partial charge in [0.1, 0.15) is 0 Å². The van der Waals surface area contributed by atoms with Crippen LogP contribution in [0.25, 0.3) is 0 Å². The molecule has 0 bridgehead atoms. The maximum atomic E-state index is 3.29. The summed E-state index contributed by atoms with van der Waals surface area (Å²) < 4.78 is 0. The molecule has 6 aliphatic carbocycles. The van der Waals surface area contributed by atoms with Crippen molar-refractivity contribution in [1.29, 1.82) is 0 Å². The van der Waals surface area contributed by atoms with Gasteiger partial charge in [0.05, 0.1) is 0 Å². The lowest BCUT2D eigenvalue weighted by molar-refractivity contribution is -0.00768. The summed E-state index contributed by atoms with van der Waals surface area (Å²) in [7, 11) is 0. The van der Waals surface area contributed by atoms with Crippen LogP contribution in [0, 0.1) is 53.3 Å². The first-order chi connectivity index (χ1) is 24.1. The van der Waals surface area contributed by atoms with Gasteiger partial charge in [0, 0.05) is 18.1 Å². The lowest BCUT2D eigenvalue weighted by Crippen LogP contribution is -2.53. The summed E-state index contributed by atoms with van der Waals surface area (Å²) in [5, 5.41) is 0. The predicted octanol–water partition coefficient (Wildman–Crippen LogP) is 14.5. The normalized spacial score (nSPS) is 41.5. The summed E-state index contributed by atoms with van der Waals surface area (Å²) in [6.07, 6.45) is 53.6. The molecule has 6 aliphatic rings. The molecule has 0 aromatic carbocycles. The van der Waals surface area contributed by atoms with Crippen LogP contribution in [0.4, 0.5) is 0 Å². The smallest absolute Gasteiger partial charge is 0.0101 e. The van der Waals surface area contributed by atoms with Crippen molar-refractivity contribution in [3.05, 3.63) is 24.3 Å². The summed E-state index contributed by atoms with van der Waals surface area (Å²) in [5.74, 6) is 8.84. The standard InChI is InChI=1S/C48H83N/c1-4-6-7-8-10-39-21-31-46(32-22-39)49(47-33-27-44(28-34-47)42-23-11-37(3)12-24-42)48-35-29-45(30-36-48)43-25-19-41(20-26-43)18-17-40-15-13-38(9-5-2)14-16-40/h5,9,17-18,37-48H,4,6-8,10-16,19-36H2,1-3H3/b9-5+,18-17+. The van der Waals surface area contributed by atoms with Crippen molar-refractivity contribution in [3.63, 3.8) is 0 Å². The van der Waals surface area contributed by atoms with Crippen molar-refractivity contribution >= 4 is 0 Å². The second kappa shape index (κ2) is 20.0. The Morgan fingerprint density at radius 3 is 1.27 bits per heavy atom. The molecule has 1 nitrogen and oxygen atoms in total. The van der Waals surface area contributed by atoms with E-state index >= 15 is 0 Å². The lowest BCUT2D eigenvalue weighted by atomic mass is 9.68. The first-order valence-corrected chi connectivity index (χ1v) is 23.2. The maximum Gasteiger partial charge on any atom is 0.0101 e. The summed E-state index contributed by atoms with van der Waals surface area (Å²) in [6, 6.07) is 2.72. The van der Waals surface area contributed by atoms with E-state index in [0.29, 0.717) is 0 Å². The van der Waals surface area contributed by atoms with Crippen LogP contribution in [0.5, 0.6) is 0 Å². The molecule has 0 radical (unpaired) electrons. The molecule has 6 fully saturated rings. The topological polar surface area (TPSA) is 3.24 Å². The summed E-state index contributed by atoms with van der Waals surface area (Å²) in [4.78, 5) is 3.29. The first-order valence-electron chi connectivity index (χ1n) is 23.2. The highest BCUT2D eigenvalue weighted by atomic mass is 15.2. The van der Waals surface area contributed by atoms with Gasteiger partial charge >= 0.3 is 0 Å². The molecule has 49 heavy (non-hydrogen) atoms. The predicted molar refractivity (Wildman–Crippen MR) is 214 cm³/mol. The highest BCUT2D eigenvalue weighted by Crippen LogP contribution is 2.46. The van der Waals surface area contributed by atoms with Gasteiger partial charge in [0.2, 0.25) is 0 Å². The highest BCUT2D eigenvalue weighted by Gasteiger charge is 2.40. The monoisotopic (exact) mass is 674 g/mol. The van der Waals surface area contributed by atoms with E-state index in [1.165, 1.54) is 148 Å². The van der Waals surface area contributed by atoms with E-state index in [0.717, 1.165) is 71.4 Å². The van der Waals surface area contributed by atoms with E-state index in [2.05, 4.69) is 50.0 Å².